The van der Waals surface area contributed by atoms with Crippen LogP contribution in [0.15, 0.2) is 48.6 Å². The third-order valence-corrected chi connectivity index (χ3v) is 6.45. The molecule has 0 saturated heterocycles. The summed E-state index contributed by atoms with van der Waals surface area (Å²) in [6.07, 6.45) is 43.4. The first-order valence-corrected chi connectivity index (χ1v) is 16.5. The van der Waals surface area contributed by atoms with Gasteiger partial charge in [0.2, 0.25) is 0 Å². The van der Waals surface area contributed by atoms with Gasteiger partial charge in [-0.2, -0.15) is 0 Å². The number of ether oxygens (including phenoxy) is 1. The van der Waals surface area contributed by atoms with E-state index in [0.29, 0.717) is 13.0 Å². The van der Waals surface area contributed by atoms with Crippen LogP contribution in [0.1, 0.15) is 162 Å². The van der Waals surface area contributed by atoms with Crippen LogP contribution in [0.3, 0.4) is 0 Å². The maximum Gasteiger partial charge on any atom is 0.303 e. The highest BCUT2D eigenvalue weighted by Crippen LogP contribution is 2.08. The number of hydrogen-bond donors (Lipinski definition) is 1. The molecule has 0 amide bonds. The van der Waals surface area contributed by atoms with Crippen molar-refractivity contribution in [1.29, 1.82) is 0 Å². The molecule has 0 saturated carbocycles. The van der Waals surface area contributed by atoms with E-state index in [1.54, 1.807) is 0 Å². The number of carboxylic acid groups (broad SMARTS) is 1. The Bertz CT molecular complexity index is 589. The monoisotopic (exact) mass is 560 g/mol. The van der Waals surface area contributed by atoms with E-state index < -0.39 is 5.97 Å². The third-order valence-electron chi connectivity index (χ3n) is 6.45. The summed E-state index contributed by atoms with van der Waals surface area (Å²) >= 11 is 0. The molecule has 0 aromatic rings. The number of rotatable bonds is 27. The zero-order chi connectivity index (χ0) is 29.8. The van der Waals surface area contributed by atoms with Crippen molar-refractivity contribution in [3.8, 4) is 0 Å². The zero-order valence-electron chi connectivity index (χ0n) is 26.6. The van der Waals surface area contributed by atoms with Crippen molar-refractivity contribution in [2.75, 3.05) is 6.61 Å². The van der Waals surface area contributed by atoms with Crippen LogP contribution in [0.5, 0.6) is 0 Å². The molecule has 0 heterocycles. The lowest BCUT2D eigenvalue weighted by Crippen LogP contribution is -1.99. The second-order valence-corrected chi connectivity index (χ2v) is 10.6. The standard InChI is InChI=1S/2C18H32O2/c1-3-4-5-6-7-8-9-10-11-12-13-14-15-16-17-20-18(2)19;1-2-3-4-5-6-7-8-9-10-11-12-13-14-15-16-17-18(19)20/h6-7,10-11H,3-5,8-9,12-17H2,1-2H3;5-6,9-10H,2-4,7-8,11-17H2,1H3,(H,19,20)/b;6-5-,10-9-. The fourth-order valence-corrected chi connectivity index (χ4v) is 3.97. The number of aliphatic carboxylic acids is 1. The Hall–Kier alpha value is -2.10. The smallest absolute Gasteiger partial charge is 0.303 e. The van der Waals surface area contributed by atoms with E-state index in [-0.39, 0.29) is 5.97 Å². The molecule has 0 aromatic carbocycles. The van der Waals surface area contributed by atoms with E-state index in [0.717, 1.165) is 44.9 Å². The predicted octanol–water partition coefficient (Wildman–Crippen LogP) is 11.5. The summed E-state index contributed by atoms with van der Waals surface area (Å²) in [4.78, 5) is 20.9. The highest BCUT2D eigenvalue weighted by molar-refractivity contribution is 5.66. The van der Waals surface area contributed by atoms with E-state index in [4.69, 9.17) is 9.84 Å². The highest BCUT2D eigenvalue weighted by Gasteiger charge is 1.96. The summed E-state index contributed by atoms with van der Waals surface area (Å²) in [6.45, 7) is 6.50. The second-order valence-electron chi connectivity index (χ2n) is 10.6. The van der Waals surface area contributed by atoms with Crippen molar-refractivity contribution >= 4 is 11.9 Å². The third kappa shape index (κ3) is 43.0. The Morgan fingerprint density at radius 2 is 0.850 bits per heavy atom. The maximum absolute atomic E-state index is 10.5. The number of esters is 1. The van der Waals surface area contributed by atoms with Crippen molar-refractivity contribution in [3.63, 3.8) is 0 Å². The lowest BCUT2D eigenvalue weighted by Gasteiger charge is -2.00. The molecule has 0 aliphatic rings. The van der Waals surface area contributed by atoms with Gasteiger partial charge < -0.3 is 9.84 Å². The molecule has 0 fully saturated rings. The summed E-state index contributed by atoms with van der Waals surface area (Å²) in [5, 5.41) is 8.50. The molecular formula is C36H64O4. The topological polar surface area (TPSA) is 63.6 Å². The van der Waals surface area contributed by atoms with E-state index in [9.17, 15) is 9.59 Å². The zero-order valence-corrected chi connectivity index (χ0v) is 26.6. The average Bonchev–Trinajstić information content (AvgIpc) is 2.93. The van der Waals surface area contributed by atoms with Gasteiger partial charge in [-0.15, -0.1) is 0 Å². The lowest BCUT2D eigenvalue weighted by atomic mass is 10.1. The quantitative estimate of drug-likeness (QED) is 0.0616. The van der Waals surface area contributed by atoms with Crippen molar-refractivity contribution in [2.24, 2.45) is 0 Å². The fraction of sp³-hybridized carbons (Fsp3) is 0.722. The van der Waals surface area contributed by atoms with E-state index in [2.05, 4.69) is 62.5 Å². The number of hydrogen-bond acceptors (Lipinski definition) is 3. The SMILES string of the molecule is CCCC/C=C\CC/C=C\CCCCCCCC(=O)O.CCCCC=CCCC=CCCCCCCOC(C)=O. The lowest BCUT2D eigenvalue weighted by molar-refractivity contribution is -0.141. The van der Waals surface area contributed by atoms with Crippen molar-refractivity contribution in [2.45, 2.75) is 162 Å². The molecule has 0 aliphatic carbocycles. The van der Waals surface area contributed by atoms with Gasteiger partial charge in [-0.1, -0.05) is 120 Å². The van der Waals surface area contributed by atoms with Crippen LogP contribution >= 0.6 is 0 Å². The van der Waals surface area contributed by atoms with E-state index in [1.807, 2.05) is 0 Å². The number of carbonyl (C=O) groups is 2. The summed E-state index contributed by atoms with van der Waals surface area (Å²) in [7, 11) is 0. The van der Waals surface area contributed by atoms with Crippen LogP contribution in [0, 0.1) is 0 Å². The van der Waals surface area contributed by atoms with Gasteiger partial charge in [-0.25, -0.2) is 0 Å². The van der Waals surface area contributed by atoms with Crippen molar-refractivity contribution in [1.82, 2.24) is 0 Å². The van der Waals surface area contributed by atoms with Crippen molar-refractivity contribution in [3.05, 3.63) is 48.6 Å². The maximum atomic E-state index is 10.5. The van der Waals surface area contributed by atoms with Crippen LogP contribution in [0.25, 0.3) is 0 Å². The molecule has 1 N–H and O–H groups in total. The first kappa shape index (κ1) is 40.0. The molecule has 0 rings (SSSR count). The van der Waals surface area contributed by atoms with Gasteiger partial charge in [0.15, 0.2) is 0 Å². The molecule has 4 nitrogen and oxygen atoms in total. The van der Waals surface area contributed by atoms with Gasteiger partial charge in [-0.3, -0.25) is 9.59 Å². The molecule has 4 heteroatoms. The number of carboxylic acids is 1. The molecule has 0 radical (unpaired) electrons. The first-order valence-electron chi connectivity index (χ1n) is 16.5. The Kier molecular flexibility index (Phi) is 36.9. The molecule has 0 unspecified atom stereocenters. The van der Waals surface area contributed by atoms with Crippen LogP contribution in [-0.2, 0) is 14.3 Å². The average molecular weight is 561 g/mol. The van der Waals surface area contributed by atoms with Crippen LogP contribution in [0.4, 0.5) is 0 Å². The Morgan fingerprint density at radius 1 is 0.500 bits per heavy atom. The normalized spacial score (nSPS) is 11.6. The van der Waals surface area contributed by atoms with Gasteiger partial charge >= 0.3 is 11.9 Å². The first-order chi connectivity index (χ1) is 19.5. The van der Waals surface area contributed by atoms with Crippen LogP contribution in [-0.4, -0.2) is 23.7 Å². The van der Waals surface area contributed by atoms with Gasteiger partial charge in [0.25, 0.3) is 0 Å². The second kappa shape index (κ2) is 36.9. The Balaban J connectivity index is 0. The molecule has 0 atom stereocenters. The molecule has 0 aromatic heterocycles. The minimum Gasteiger partial charge on any atom is -0.481 e. The molecule has 40 heavy (non-hydrogen) atoms. The summed E-state index contributed by atoms with van der Waals surface area (Å²) in [5.41, 5.74) is 0. The van der Waals surface area contributed by atoms with Gasteiger partial charge in [0.05, 0.1) is 6.61 Å². The summed E-state index contributed by atoms with van der Waals surface area (Å²) in [6, 6.07) is 0. The molecule has 0 spiro atoms. The molecule has 232 valence electrons. The summed E-state index contributed by atoms with van der Waals surface area (Å²) < 4.78 is 4.89. The largest absolute Gasteiger partial charge is 0.481 e. The summed E-state index contributed by atoms with van der Waals surface area (Å²) in [5.74, 6) is -0.839. The van der Waals surface area contributed by atoms with Gasteiger partial charge in [0.1, 0.15) is 0 Å². The minimum atomic E-state index is -0.670. The van der Waals surface area contributed by atoms with Gasteiger partial charge in [-0.05, 0) is 77.0 Å². The Morgan fingerprint density at radius 3 is 1.25 bits per heavy atom. The molecular weight excluding hydrogens is 496 g/mol. The van der Waals surface area contributed by atoms with Crippen LogP contribution in [0.2, 0.25) is 0 Å². The van der Waals surface area contributed by atoms with Crippen LogP contribution < -0.4 is 0 Å². The van der Waals surface area contributed by atoms with Crippen molar-refractivity contribution < 1.29 is 19.4 Å². The minimum absolute atomic E-state index is 0.170. The predicted molar refractivity (Wildman–Crippen MR) is 174 cm³/mol. The number of carbonyl (C=O) groups excluding carboxylic acids is 1. The Labute approximate surface area is 248 Å². The van der Waals surface area contributed by atoms with Gasteiger partial charge in [0, 0.05) is 13.3 Å². The molecule has 0 bridgehead atoms. The highest BCUT2D eigenvalue weighted by atomic mass is 16.5. The fourth-order valence-electron chi connectivity index (χ4n) is 3.97. The number of unbranched alkanes of at least 4 members (excludes halogenated alkanes) is 15. The van der Waals surface area contributed by atoms with E-state index in [1.165, 1.54) is 96.8 Å². The number of allylic oxidation sites excluding steroid dienone is 8. The molecule has 0 aliphatic heterocycles. The van der Waals surface area contributed by atoms with E-state index >= 15 is 0 Å².